The maximum atomic E-state index is 11.5. The van der Waals surface area contributed by atoms with Crippen molar-refractivity contribution in [1.82, 2.24) is 0 Å². The highest BCUT2D eigenvalue weighted by atomic mass is 35.5. The highest BCUT2D eigenvalue weighted by Gasteiger charge is 2.17. The van der Waals surface area contributed by atoms with Crippen LogP contribution in [-0.2, 0) is 9.84 Å². The monoisotopic (exact) mass is 310 g/mol. The van der Waals surface area contributed by atoms with Gasteiger partial charge in [0, 0.05) is 16.8 Å². The van der Waals surface area contributed by atoms with Crippen LogP contribution >= 0.6 is 11.6 Å². The number of benzene rings is 2. The van der Waals surface area contributed by atoms with Gasteiger partial charge in [0.05, 0.1) is 10.5 Å². The van der Waals surface area contributed by atoms with Crippen LogP contribution in [0.5, 0.6) is 0 Å². The van der Waals surface area contributed by atoms with E-state index in [9.17, 15) is 18.3 Å². The second-order valence-electron chi connectivity index (χ2n) is 4.26. The average molecular weight is 311 g/mol. The molecule has 0 aromatic heterocycles. The first-order valence-electron chi connectivity index (χ1n) is 5.63. The van der Waals surface area contributed by atoms with Crippen LogP contribution in [0.15, 0.2) is 47.4 Å². The molecule has 6 heteroatoms. The third-order valence-electron chi connectivity index (χ3n) is 2.81. The van der Waals surface area contributed by atoms with E-state index in [4.69, 9.17) is 11.6 Å². The number of carboxylic acid groups (broad SMARTS) is 1. The molecule has 0 radical (unpaired) electrons. The predicted octanol–water partition coefficient (Wildman–Crippen LogP) is 3.11. The van der Waals surface area contributed by atoms with Gasteiger partial charge >= 0.3 is 5.97 Å². The minimum Gasteiger partial charge on any atom is -0.478 e. The fraction of sp³-hybridized carbons (Fsp3) is 0.0714. The molecule has 20 heavy (non-hydrogen) atoms. The van der Waals surface area contributed by atoms with E-state index in [1.807, 2.05) is 0 Å². The highest BCUT2D eigenvalue weighted by Crippen LogP contribution is 2.31. The van der Waals surface area contributed by atoms with Crippen LogP contribution in [0.2, 0.25) is 5.02 Å². The zero-order chi connectivity index (χ0) is 14.9. The molecule has 0 aliphatic heterocycles. The SMILES string of the molecule is CS(=O)(=O)c1ccc(-c2ccccc2Cl)c(C(=O)O)c1. The molecular weight excluding hydrogens is 300 g/mol. The van der Waals surface area contributed by atoms with Gasteiger partial charge in [0.2, 0.25) is 0 Å². The number of carbonyl (C=O) groups is 1. The molecule has 0 heterocycles. The summed E-state index contributed by atoms with van der Waals surface area (Å²) in [5.74, 6) is -1.20. The van der Waals surface area contributed by atoms with E-state index in [-0.39, 0.29) is 10.5 Å². The van der Waals surface area contributed by atoms with Gasteiger partial charge in [-0.2, -0.15) is 0 Å². The van der Waals surface area contributed by atoms with Crippen LogP contribution in [0.1, 0.15) is 10.4 Å². The minimum absolute atomic E-state index is 0.0364. The Morgan fingerprint density at radius 1 is 1.10 bits per heavy atom. The summed E-state index contributed by atoms with van der Waals surface area (Å²) in [7, 11) is -3.46. The second-order valence-corrected chi connectivity index (χ2v) is 6.69. The maximum absolute atomic E-state index is 11.5. The van der Waals surface area contributed by atoms with Gasteiger partial charge in [0.15, 0.2) is 9.84 Å². The summed E-state index contributed by atoms with van der Waals surface area (Å²) >= 11 is 6.05. The summed E-state index contributed by atoms with van der Waals surface area (Å²) in [4.78, 5) is 11.3. The molecule has 0 unspecified atom stereocenters. The number of halogens is 1. The summed E-state index contributed by atoms with van der Waals surface area (Å²) in [6.45, 7) is 0. The summed E-state index contributed by atoms with van der Waals surface area (Å²) < 4.78 is 23.0. The third-order valence-corrected chi connectivity index (χ3v) is 4.25. The van der Waals surface area contributed by atoms with Gasteiger partial charge in [0.1, 0.15) is 0 Å². The summed E-state index contributed by atoms with van der Waals surface area (Å²) in [5.41, 5.74) is 0.836. The Morgan fingerprint density at radius 2 is 1.75 bits per heavy atom. The van der Waals surface area contributed by atoms with E-state index in [2.05, 4.69) is 0 Å². The summed E-state index contributed by atoms with van der Waals surface area (Å²) in [6, 6.07) is 10.8. The van der Waals surface area contributed by atoms with Crippen molar-refractivity contribution in [2.45, 2.75) is 4.90 Å². The number of hydrogen-bond acceptors (Lipinski definition) is 3. The quantitative estimate of drug-likeness (QED) is 0.945. The van der Waals surface area contributed by atoms with Crippen molar-refractivity contribution in [2.24, 2.45) is 0 Å². The Hall–Kier alpha value is -1.85. The lowest BCUT2D eigenvalue weighted by Gasteiger charge is -2.09. The Balaban J connectivity index is 2.73. The molecule has 1 N–H and O–H groups in total. The zero-order valence-electron chi connectivity index (χ0n) is 10.5. The lowest BCUT2D eigenvalue weighted by Crippen LogP contribution is -2.04. The topological polar surface area (TPSA) is 71.4 Å². The van der Waals surface area contributed by atoms with Gasteiger partial charge in [-0.25, -0.2) is 13.2 Å². The fourth-order valence-electron chi connectivity index (χ4n) is 1.85. The number of rotatable bonds is 3. The van der Waals surface area contributed by atoms with Crippen molar-refractivity contribution in [3.63, 3.8) is 0 Å². The number of carboxylic acids is 1. The molecule has 0 atom stereocenters. The maximum Gasteiger partial charge on any atom is 0.336 e. The molecular formula is C14H11ClO4S. The zero-order valence-corrected chi connectivity index (χ0v) is 12.1. The Kier molecular flexibility index (Phi) is 3.83. The molecule has 0 spiro atoms. The van der Waals surface area contributed by atoms with E-state index < -0.39 is 15.8 Å². The predicted molar refractivity (Wildman–Crippen MR) is 77.0 cm³/mol. The number of sulfone groups is 1. The van der Waals surface area contributed by atoms with Crippen molar-refractivity contribution in [1.29, 1.82) is 0 Å². The molecule has 2 rings (SSSR count). The normalized spacial score (nSPS) is 11.3. The first-order chi connectivity index (χ1) is 9.30. The van der Waals surface area contributed by atoms with Crippen LogP contribution in [0, 0.1) is 0 Å². The fourth-order valence-corrected chi connectivity index (χ4v) is 2.73. The molecule has 0 bridgehead atoms. The molecule has 0 aliphatic carbocycles. The first kappa shape index (κ1) is 14.6. The molecule has 0 saturated heterocycles. The van der Waals surface area contributed by atoms with Crippen molar-refractivity contribution in [3.05, 3.63) is 53.1 Å². The minimum atomic E-state index is -3.46. The van der Waals surface area contributed by atoms with Gasteiger partial charge in [-0.05, 0) is 23.8 Å². The molecule has 0 fully saturated rings. The van der Waals surface area contributed by atoms with Crippen molar-refractivity contribution < 1.29 is 18.3 Å². The lowest BCUT2D eigenvalue weighted by molar-refractivity contribution is 0.0697. The van der Waals surface area contributed by atoms with E-state index in [0.717, 1.165) is 12.3 Å². The van der Waals surface area contributed by atoms with E-state index in [1.54, 1.807) is 24.3 Å². The Bertz CT molecular complexity index is 782. The van der Waals surface area contributed by atoms with Crippen LogP contribution in [-0.4, -0.2) is 25.7 Å². The molecule has 0 saturated carbocycles. The van der Waals surface area contributed by atoms with Crippen molar-refractivity contribution in [3.8, 4) is 11.1 Å². The molecule has 0 aliphatic rings. The van der Waals surface area contributed by atoms with Crippen LogP contribution in [0.3, 0.4) is 0 Å². The van der Waals surface area contributed by atoms with Crippen LogP contribution in [0.25, 0.3) is 11.1 Å². The Labute approximate surface area is 121 Å². The van der Waals surface area contributed by atoms with E-state index >= 15 is 0 Å². The molecule has 2 aromatic rings. The smallest absolute Gasteiger partial charge is 0.336 e. The molecule has 104 valence electrons. The van der Waals surface area contributed by atoms with Gasteiger partial charge < -0.3 is 5.11 Å². The molecule has 0 amide bonds. The standard InChI is InChI=1S/C14H11ClO4S/c1-20(18,19)9-6-7-10(12(8-9)14(16)17)11-4-2-3-5-13(11)15/h2-8H,1H3,(H,16,17). The van der Waals surface area contributed by atoms with Gasteiger partial charge in [-0.15, -0.1) is 0 Å². The largest absolute Gasteiger partial charge is 0.478 e. The van der Waals surface area contributed by atoms with Crippen molar-refractivity contribution in [2.75, 3.05) is 6.26 Å². The van der Waals surface area contributed by atoms with Crippen LogP contribution in [0.4, 0.5) is 0 Å². The molecule has 2 aromatic carbocycles. The highest BCUT2D eigenvalue weighted by molar-refractivity contribution is 7.90. The number of aromatic carboxylic acids is 1. The molecule has 4 nitrogen and oxygen atoms in total. The van der Waals surface area contributed by atoms with Gasteiger partial charge in [0.25, 0.3) is 0 Å². The first-order valence-corrected chi connectivity index (χ1v) is 7.90. The average Bonchev–Trinajstić information content (AvgIpc) is 2.37. The van der Waals surface area contributed by atoms with Gasteiger partial charge in [-0.1, -0.05) is 35.9 Å². The second kappa shape index (κ2) is 5.26. The number of hydrogen-bond donors (Lipinski definition) is 1. The lowest BCUT2D eigenvalue weighted by atomic mass is 10.00. The van der Waals surface area contributed by atoms with Gasteiger partial charge in [-0.3, -0.25) is 0 Å². The third kappa shape index (κ3) is 2.84. The van der Waals surface area contributed by atoms with E-state index in [0.29, 0.717) is 16.1 Å². The summed E-state index contributed by atoms with van der Waals surface area (Å²) in [5, 5.41) is 9.67. The summed E-state index contributed by atoms with van der Waals surface area (Å²) in [6.07, 6.45) is 1.03. The van der Waals surface area contributed by atoms with E-state index in [1.165, 1.54) is 12.1 Å². The van der Waals surface area contributed by atoms with Crippen LogP contribution < -0.4 is 0 Å². The Morgan fingerprint density at radius 3 is 2.30 bits per heavy atom. The van der Waals surface area contributed by atoms with Crippen molar-refractivity contribution >= 4 is 27.4 Å².